The molecule has 0 unspecified atom stereocenters. The molecule has 0 atom stereocenters. The van der Waals surface area contributed by atoms with Crippen molar-refractivity contribution < 1.29 is 14.1 Å². The number of nitrogens with zero attached hydrogens (tertiary/aromatic N) is 3. The zero-order valence-corrected chi connectivity index (χ0v) is 10.4. The van der Waals surface area contributed by atoms with E-state index in [1.807, 2.05) is 0 Å². The molecule has 0 N–H and O–H groups in total. The zero-order valence-electron chi connectivity index (χ0n) is 9.63. The maximum absolute atomic E-state index is 13.1. The number of benzene rings is 1. The maximum Gasteiger partial charge on any atom is 0.368 e. The third-order valence-corrected chi connectivity index (χ3v) is 2.56. The van der Waals surface area contributed by atoms with Gasteiger partial charge in [0.05, 0.1) is 4.92 Å². The van der Waals surface area contributed by atoms with E-state index < -0.39 is 16.4 Å². The van der Waals surface area contributed by atoms with Crippen molar-refractivity contribution >= 4 is 17.3 Å². The van der Waals surface area contributed by atoms with Gasteiger partial charge in [0.1, 0.15) is 17.9 Å². The van der Waals surface area contributed by atoms with Gasteiger partial charge in [-0.3, -0.25) is 10.1 Å². The third kappa shape index (κ3) is 2.76. The minimum absolute atomic E-state index is 0.123. The van der Waals surface area contributed by atoms with Crippen LogP contribution >= 0.6 is 11.6 Å². The van der Waals surface area contributed by atoms with Crippen LogP contribution in [0.4, 0.5) is 10.1 Å². The third-order valence-electron chi connectivity index (χ3n) is 2.28. The van der Waals surface area contributed by atoms with E-state index in [1.54, 1.807) is 6.92 Å². The number of halogens is 2. The Bertz CT molecular complexity index is 651. The highest BCUT2D eigenvalue weighted by Crippen LogP contribution is 2.34. The summed E-state index contributed by atoms with van der Waals surface area (Å²) < 4.78 is 18.4. The van der Waals surface area contributed by atoms with Gasteiger partial charge in [-0.1, -0.05) is 17.7 Å². The van der Waals surface area contributed by atoms with Crippen molar-refractivity contribution in [2.75, 3.05) is 0 Å². The summed E-state index contributed by atoms with van der Waals surface area (Å²) in [6.45, 7) is 1.67. The van der Waals surface area contributed by atoms with Crippen LogP contribution in [-0.4, -0.2) is 14.9 Å². The predicted octanol–water partition coefficient (Wildman–Crippen LogP) is 3.28. The fourth-order valence-electron chi connectivity index (χ4n) is 1.36. The predicted molar refractivity (Wildman–Crippen MR) is 64.9 cm³/mol. The van der Waals surface area contributed by atoms with Crippen LogP contribution in [-0.2, 0) is 0 Å². The Balaban J connectivity index is 2.46. The molecule has 1 aromatic heterocycles. The van der Waals surface area contributed by atoms with E-state index in [0.717, 1.165) is 12.4 Å². The first-order valence-electron chi connectivity index (χ1n) is 5.08. The smallest absolute Gasteiger partial charge is 0.368 e. The Kier molecular flexibility index (Phi) is 3.57. The summed E-state index contributed by atoms with van der Waals surface area (Å²) in [5.74, 6) is -0.736. The van der Waals surface area contributed by atoms with Gasteiger partial charge < -0.3 is 4.74 Å². The lowest BCUT2D eigenvalue weighted by molar-refractivity contribution is -0.386. The molecule has 0 radical (unpaired) electrons. The van der Waals surface area contributed by atoms with Crippen LogP contribution < -0.4 is 4.74 Å². The van der Waals surface area contributed by atoms with E-state index in [0.29, 0.717) is 5.56 Å². The van der Waals surface area contributed by atoms with Gasteiger partial charge in [0.25, 0.3) is 0 Å². The number of nitro groups is 1. The quantitative estimate of drug-likeness (QED) is 0.491. The molecular weight excluding hydrogens is 277 g/mol. The highest BCUT2D eigenvalue weighted by Gasteiger charge is 2.24. The summed E-state index contributed by atoms with van der Waals surface area (Å²) in [7, 11) is 0. The van der Waals surface area contributed by atoms with Gasteiger partial charge in [-0.25, -0.2) is 9.37 Å². The summed E-state index contributed by atoms with van der Waals surface area (Å²) in [4.78, 5) is 17.3. The van der Waals surface area contributed by atoms with Crippen molar-refractivity contribution in [1.82, 2.24) is 9.97 Å². The molecule has 0 aliphatic rings. The lowest BCUT2D eigenvalue weighted by atomic mass is 10.2. The second-order valence-corrected chi connectivity index (χ2v) is 3.95. The molecule has 1 aromatic carbocycles. The average Bonchev–Trinajstić information content (AvgIpc) is 2.33. The highest BCUT2D eigenvalue weighted by atomic mass is 35.5. The van der Waals surface area contributed by atoms with Gasteiger partial charge >= 0.3 is 11.6 Å². The molecule has 0 saturated heterocycles. The molecule has 0 bridgehead atoms. The SMILES string of the molecule is Cc1ccc(F)cc1Oc1ncnc(Cl)c1[N+](=O)[O-]. The van der Waals surface area contributed by atoms with Crippen molar-refractivity contribution in [3.8, 4) is 11.6 Å². The van der Waals surface area contributed by atoms with Crippen LogP contribution in [0.5, 0.6) is 11.6 Å². The van der Waals surface area contributed by atoms with E-state index >= 15 is 0 Å². The molecule has 0 saturated carbocycles. The number of ether oxygens (including phenoxy) is 1. The van der Waals surface area contributed by atoms with E-state index in [9.17, 15) is 14.5 Å². The first-order chi connectivity index (χ1) is 8.99. The molecule has 19 heavy (non-hydrogen) atoms. The van der Waals surface area contributed by atoms with Gasteiger partial charge in [0.2, 0.25) is 5.15 Å². The van der Waals surface area contributed by atoms with Crippen molar-refractivity contribution in [3.63, 3.8) is 0 Å². The lowest BCUT2D eigenvalue weighted by Crippen LogP contribution is -1.99. The van der Waals surface area contributed by atoms with Gasteiger partial charge in [-0.15, -0.1) is 0 Å². The van der Waals surface area contributed by atoms with Gasteiger partial charge in [0, 0.05) is 6.07 Å². The summed E-state index contributed by atoms with van der Waals surface area (Å²) in [6, 6.07) is 3.85. The highest BCUT2D eigenvalue weighted by molar-refractivity contribution is 6.31. The van der Waals surface area contributed by atoms with Crippen molar-refractivity contribution in [1.29, 1.82) is 0 Å². The number of hydrogen-bond acceptors (Lipinski definition) is 5. The molecule has 0 fully saturated rings. The molecule has 8 heteroatoms. The second-order valence-electron chi connectivity index (χ2n) is 3.59. The summed E-state index contributed by atoms with van der Waals surface area (Å²) in [5, 5.41) is 10.5. The fourth-order valence-corrected chi connectivity index (χ4v) is 1.55. The van der Waals surface area contributed by atoms with E-state index in [1.165, 1.54) is 12.1 Å². The Morgan fingerprint density at radius 2 is 2.16 bits per heavy atom. The molecule has 2 rings (SSSR count). The Morgan fingerprint density at radius 1 is 1.42 bits per heavy atom. The van der Waals surface area contributed by atoms with Crippen LogP contribution in [0.1, 0.15) is 5.56 Å². The molecule has 0 aliphatic carbocycles. The molecule has 0 aliphatic heterocycles. The molecule has 0 spiro atoms. The summed E-state index contributed by atoms with van der Waals surface area (Å²) >= 11 is 5.61. The fraction of sp³-hybridized carbons (Fsp3) is 0.0909. The van der Waals surface area contributed by atoms with Crippen LogP contribution in [0.2, 0.25) is 5.15 Å². The normalized spacial score (nSPS) is 10.3. The van der Waals surface area contributed by atoms with Crippen molar-refractivity contribution in [2.45, 2.75) is 6.92 Å². The molecular formula is C11H7ClFN3O3. The second kappa shape index (κ2) is 5.15. The van der Waals surface area contributed by atoms with Gasteiger partial charge in [-0.05, 0) is 18.6 Å². The Labute approximate surface area is 112 Å². The van der Waals surface area contributed by atoms with Crippen LogP contribution in [0.25, 0.3) is 0 Å². The number of aromatic nitrogens is 2. The summed E-state index contributed by atoms with van der Waals surface area (Å²) in [6.07, 6.45) is 1.03. The minimum atomic E-state index is -0.758. The van der Waals surface area contributed by atoms with Crippen molar-refractivity contribution in [3.05, 3.63) is 51.2 Å². The topological polar surface area (TPSA) is 78.2 Å². The Morgan fingerprint density at radius 3 is 2.84 bits per heavy atom. The van der Waals surface area contributed by atoms with Crippen LogP contribution in [0.3, 0.4) is 0 Å². The molecule has 1 heterocycles. The molecule has 98 valence electrons. The number of hydrogen-bond donors (Lipinski definition) is 0. The number of rotatable bonds is 3. The number of aryl methyl sites for hydroxylation is 1. The average molecular weight is 284 g/mol. The summed E-state index contributed by atoms with van der Waals surface area (Å²) in [5.41, 5.74) is 0.0401. The maximum atomic E-state index is 13.1. The lowest BCUT2D eigenvalue weighted by Gasteiger charge is -2.08. The monoisotopic (exact) mass is 283 g/mol. The zero-order chi connectivity index (χ0) is 14.0. The molecule has 2 aromatic rings. The van der Waals surface area contributed by atoms with E-state index in [-0.39, 0.29) is 16.8 Å². The van der Waals surface area contributed by atoms with E-state index in [2.05, 4.69) is 9.97 Å². The molecule has 6 nitrogen and oxygen atoms in total. The van der Waals surface area contributed by atoms with Gasteiger partial charge in [-0.2, -0.15) is 4.98 Å². The minimum Gasteiger partial charge on any atom is -0.433 e. The molecule has 0 amide bonds. The van der Waals surface area contributed by atoms with E-state index in [4.69, 9.17) is 16.3 Å². The van der Waals surface area contributed by atoms with Gasteiger partial charge in [0.15, 0.2) is 0 Å². The first-order valence-corrected chi connectivity index (χ1v) is 5.45. The van der Waals surface area contributed by atoms with Crippen molar-refractivity contribution in [2.24, 2.45) is 0 Å². The largest absolute Gasteiger partial charge is 0.433 e. The standard InChI is InChI=1S/C11H7ClFN3O3/c1-6-2-3-7(13)4-8(6)19-11-9(16(17)18)10(12)14-5-15-11/h2-5H,1H3. The van der Waals surface area contributed by atoms with Crippen LogP contribution in [0, 0.1) is 22.9 Å². The van der Waals surface area contributed by atoms with Crippen LogP contribution in [0.15, 0.2) is 24.5 Å². The Hall–Kier alpha value is -2.28. The first kappa shape index (κ1) is 13.2.